The number of fused-ring (bicyclic) bond motifs is 3. The van der Waals surface area contributed by atoms with E-state index in [0.717, 1.165) is 44.5 Å². The van der Waals surface area contributed by atoms with Crippen molar-refractivity contribution in [2.24, 2.45) is 0 Å². The molecule has 3 nitrogen and oxygen atoms in total. The Balaban J connectivity index is 0.000000186. The van der Waals surface area contributed by atoms with E-state index in [0.29, 0.717) is 5.92 Å². The minimum absolute atomic E-state index is 0. The monoisotopic (exact) mass is 661 g/mol. The molecule has 0 saturated carbocycles. The first-order valence-electron chi connectivity index (χ1n) is 12.2. The standard InChI is InChI=1S/C20H16NO.C13H12N.Ir/c1-13(2)14-10-11-21-18(12-14)17-8-5-7-16-15-6-3-4-9-19(15)22-20(16)17;1-10-3-5-12(6-4-10)13-9-11(2)7-8-14-13;/h3-7,9-13H,1-2H3;3-5,7-9H,1-2H3;/q2*-1;. The quantitative estimate of drug-likeness (QED) is 0.178. The average molecular weight is 661 g/mol. The molecule has 0 N–H and O–H groups in total. The van der Waals surface area contributed by atoms with Crippen LogP contribution in [-0.2, 0) is 20.1 Å². The summed E-state index contributed by atoms with van der Waals surface area (Å²) in [5, 5.41) is 2.24. The zero-order chi connectivity index (χ0) is 25.1. The number of para-hydroxylation sites is 1. The van der Waals surface area contributed by atoms with Gasteiger partial charge in [0.15, 0.2) is 0 Å². The number of rotatable bonds is 3. The number of nitrogens with zero attached hydrogens (tertiary/aromatic N) is 2. The van der Waals surface area contributed by atoms with Crippen molar-refractivity contribution in [1.29, 1.82) is 0 Å². The summed E-state index contributed by atoms with van der Waals surface area (Å²) in [6.07, 6.45) is 3.69. The predicted octanol–water partition coefficient (Wildman–Crippen LogP) is 8.73. The van der Waals surface area contributed by atoms with Gasteiger partial charge in [-0.05, 0) is 42.4 Å². The summed E-state index contributed by atoms with van der Waals surface area (Å²) in [6.45, 7) is 8.50. The number of hydrogen-bond donors (Lipinski definition) is 0. The minimum atomic E-state index is 0. The molecule has 0 atom stereocenters. The second-order valence-corrected chi connectivity index (χ2v) is 9.32. The number of benzene rings is 3. The van der Waals surface area contributed by atoms with Crippen LogP contribution in [0.5, 0.6) is 0 Å². The first-order valence-corrected chi connectivity index (χ1v) is 12.2. The molecule has 3 aromatic heterocycles. The Labute approximate surface area is 232 Å². The fraction of sp³-hybridized carbons (Fsp3) is 0.152. The Morgan fingerprint density at radius 3 is 2.30 bits per heavy atom. The maximum absolute atomic E-state index is 6.07. The van der Waals surface area contributed by atoms with Crippen molar-refractivity contribution < 1.29 is 24.5 Å². The van der Waals surface area contributed by atoms with E-state index in [9.17, 15) is 0 Å². The Bertz CT molecular complexity index is 1630. The van der Waals surface area contributed by atoms with Crippen molar-refractivity contribution in [2.45, 2.75) is 33.6 Å². The van der Waals surface area contributed by atoms with Crippen LogP contribution in [0.15, 0.2) is 95.7 Å². The van der Waals surface area contributed by atoms with Crippen molar-refractivity contribution in [3.05, 3.63) is 120 Å². The Kier molecular flexibility index (Phi) is 8.33. The molecule has 37 heavy (non-hydrogen) atoms. The van der Waals surface area contributed by atoms with Crippen LogP contribution in [0.1, 0.15) is 36.5 Å². The molecule has 0 fully saturated rings. The topological polar surface area (TPSA) is 38.9 Å². The molecule has 3 heterocycles. The van der Waals surface area contributed by atoms with E-state index >= 15 is 0 Å². The summed E-state index contributed by atoms with van der Waals surface area (Å²) in [6, 6.07) is 33.0. The smallest absolute Gasteiger partial charge is 0.120 e. The maximum Gasteiger partial charge on any atom is 0.120 e. The zero-order valence-electron chi connectivity index (χ0n) is 21.4. The van der Waals surface area contributed by atoms with Crippen LogP contribution in [0, 0.1) is 26.0 Å². The van der Waals surface area contributed by atoms with Gasteiger partial charge in [-0.25, -0.2) is 0 Å². The Morgan fingerprint density at radius 2 is 1.54 bits per heavy atom. The molecule has 0 saturated heterocycles. The molecule has 187 valence electrons. The van der Waals surface area contributed by atoms with E-state index in [2.05, 4.69) is 92.3 Å². The molecule has 6 rings (SSSR count). The number of aryl methyl sites for hydroxylation is 2. The number of furan rings is 1. The van der Waals surface area contributed by atoms with Gasteiger partial charge in [0.2, 0.25) is 0 Å². The molecule has 0 aliphatic heterocycles. The summed E-state index contributed by atoms with van der Waals surface area (Å²) in [5.41, 5.74) is 9.36. The molecule has 0 amide bonds. The molecular formula is C33H28IrN2O-2. The fourth-order valence-corrected chi connectivity index (χ4v) is 4.17. The van der Waals surface area contributed by atoms with E-state index in [1.165, 1.54) is 16.7 Å². The van der Waals surface area contributed by atoms with Crippen molar-refractivity contribution >= 4 is 21.9 Å². The van der Waals surface area contributed by atoms with Gasteiger partial charge in [-0.2, -0.15) is 0 Å². The molecule has 0 aliphatic carbocycles. The summed E-state index contributed by atoms with van der Waals surface area (Å²) in [5.74, 6) is 0.469. The normalized spacial score (nSPS) is 10.7. The van der Waals surface area contributed by atoms with Gasteiger partial charge in [0.1, 0.15) is 5.58 Å². The Hall–Kier alpha value is -3.59. The van der Waals surface area contributed by atoms with Gasteiger partial charge in [0.25, 0.3) is 0 Å². The fourth-order valence-electron chi connectivity index (χ4n) is 4.17. The molecule has 3 aromatic carbocycles. The van der Waals surface area contributed by atoms with E-state index in [1.807, 2.05) is 48.8 Å². The van der Waals surface area contributed by atoms with Gasteiger partial charge in [-0.1, -0.05) is 73.2 Å². The van der Waals surface area contributed by atoms with Crippen LogP contribution < -0.4 is 0 Å². The first-order chi connectivity index (χ1) is 17.5. The van der Waals surface area contributed by atoms with Crippen LogP contribution in [0.4, 0.5) is 0 Å². The van der Waals surface area contributed by atoms with Crippen molar-refractivity contribution in [3.63, 3.8) is 0 Å². The molecular weight excluding hydrogens is 633 g/mol. The van der Waals surface area contributed by atoms with Gasteiger partial charge in [-0.3, -0.25) is 0 Å². The minimum Gasteiger partial charge on any atom is -0.501 e. The summed E-state index contributed by atoms with van der Waals surface area (Å²) < 4.78 is 6.07. The average Bonchev–Trinajstić information content (AvgIpc) is 3.28. The number of pyridine rings is 2. The van der Waals surface area contributed by atoms with Gasteiger partial charge < -0.3 is 14.4 Å². The zero-order valence-corrected chi connectivity index (χ0v) is 23.8. The molecule has 0 bridgehead atoms. The van der Waals surface area contributed by atoms with Crippen LogP contribution in [0.2, 0.25) is 0 Å². The molecule has 1 radical (unpaired) electrons. The van der Waals surface area contributed by atoms with Crippen molar-refractivity contribution in [3.8, 4) is 22.5 Å². The molecule has 0 aliphatic rings. The van der Waals surface area contributed by atoms with E-state index in [-0.39, 0.29) is 20.1 Å². The molecule has 6 aromatic rings. The van der Waals surface area contributed by atoms with Crippen molar-refractivity contribution in [1.82, 2.24) is 9.97 Å². The van der Waals surface area contributed by atoms with E-state index < -0.39 is 0 Å². The second kappa shape index (κ2) is 11.6. The van der Waals surface area contributed by atoms with Gasteiger partial charge >= 0.3 is 0 Å². The maximum atomic E-state index is 6.07. The SMILES string of the molecule is CC(C)c1ccnc(-c2[c-]ccc3c2oc2ccccc23)c1.Cc1c[c-]c(-c2cc(C)ccn2)cc1.[Ir]. The van der Waals surface area contributed by atoms with E-state index in [1.54, 1.807) is 0 Å². The van der Waals surface area contributed by atoms with E-state index in [4.69, 9.17) is 4.42 Å². The first kappa shape index (κ1) is 26.5. The van der Waals surface area contributed by atoms with Gasteiger partial charge in [-0.15, -0.1) is 53.6 Å². The third kappa shape index (κ3) is 5.88. The van der Waals surface area contributed by atoms with Crippen LogP contribution in [0.25, 0.3) is 44.5 Å². The summed E-state index contributed by atoms with van der Waals surface area (Å²) >= 11 is 0. The third-order valence-electron chi connectivity index (χ3n) is 6.21. The van der Waals surface area contributed by atoms with Gasteiger partial charge in [0.05, 0.1) is 5.58 Å². The Morgan fingerprint density at radius 1 is 0.757 bits per heavy atom. The molecule has 0 spiro atoms. The summed E-state index contributed by atoms with van der Waals surface area (Å²) in [7, 11) is 0. The number of aromatic nitrogens is 2. The second-order valence-electron chi connectivity index (χ2n) is 9.32. The van der Waals surface area contributed by atoms with Gasteiger partial charge in [0, 0.05) is 37.9 Å². The van der Waals surface area contributed by atoms with Crippen LogP contribution in [0.3, 0.4) is 0 Å². The van der Waals surface area contributed by atoms with Crippen LogP contribution in [-0.4, -0.2) is 9.97 Å². The summed E-state index contributed by atoms with van der Waals surface area (Å²) in [4.78, 5) is 8.83. The largest absolute Gasteiger partial charge is 0.501 e. The molecule has 0 unspecified atom stereocenters. The molecule has 4 heteroatoms. The number of hydrogen-bond acceptors (Lipinski definition) is 3. The predicted molar refractivity (Wildman–Crippen MR) is 148 cm³/mol. The van der Waals surface area contributed by atoms with Crippen molar-refractivity contribution in [2.75, 3.05) is 0 Å². The van der Waals surface area contributed by atoms with Crippen LogP contribution >= 0.6 is 0 Å². The third-order valence-corrected chi connectivity index (χ3v) is 6.21.